The summed E-state index contributed by atoms with van der Waals surface area (Å²) in [6, 6.07) is 9.55. The highest BCUT2D eigenvalue weighted by molar-refractivity contribution is 6.00. The SMILES string of the molecule is CCCCCC(NCC)C(=O)c1ccccc1.Cl. The maximum absolute atomic E-state index is 12.3. The molecule has 3 heteroatoms. The predicted octanol–water partition coefficient (Wildman–Crippen LogP) is 3.85. The molecule has 0 aromatic heterocycles. The fourth-order valence-corrected chi connectivity index (χ4v) is 1.97. The van der Waals surface area contributed by atoms with Gasteiger partial charge in [-0.05, 0) is 13.0 Å². The molecule has 18 heavy (non-hydrogen) atoms. The number of ketones is 1. The molecule has 2 nitrogen and oxygen atoms in total. The molecule has 0 amide bonds. The molecule has 0 aliphatic carbocycles. The van der Waals surface area contributed by atoms with E-state index >= 15 is 0 Å². The van der Waals surface area contributed by atoms with Crippen LogP contribution in [0, 0.1) is 0 Å². The second kappa shape index (κ2) is 10.1. The summed E-state index contributed by atoms with van der Waals surface area (Å²) in [7, 11) is 0. The molecular formula is C15H24ClNO. The molecule has 0 spiro atoms. The first-order valence-corrected chi connectivity index (χ1v) is 6.62. The molecule has 0 fully saturated rings. The monoisotopic (exact) mass is 269 g/mol. The van der Waals surface area contributed by atoms with Crippen LogP contribution in [0.4, 0.5) is 0 Å². The molecule has 0 heterocycles. The van der Waals surface area contributed by atoms with Crippen molar-refractivity contribution in [2.45, 2.75) is 45.6 Å². The van der Waals surface area contributed by atoms with Gasteiger partial charge in [-0.1, -0.05) is 63.4 Å². The van der Waals surface area contributed by atoms with Gasteiger partial charge in [-0.15, -0.1) is 12.4 Å². The summed E-state index contributed by atoms with van der Waals surface area (Å²) in [4.78, 5) is 12.3. The summed E-state index contributed by atoms with van der Waals surface area (Å²) in [5.41, 5.74) is 0.815. The average Bonchev–Trinajstić information content (AvgIpc) is 2.38. The third kappa shape index (κ3) is 5.65. The summed E-state index contributed by atoms with van der Waals surface area (Å²) in [6.07, 6.45) is 4.45. The molecule has 1 atom stereocenters. The molecule has 1 N–H and O–H groups in total. The van der Waals surface area contributed by atoms with Crippen LogP contribution in [0.1, 0.15) is 49.9 Å². The number of carbonyl (C=O) groups is 1. The Morgan fingerprint density at radius 2 is 1.83 bits per heavy atom. The van der Waals surface area contributed by atoms with Crippen molar-refractivity contribution in [2.75, 3.05) is 6.54 Å². The molecule has 0 aliphatic heterocycles. The normalized spacial score (nSPS) is 11.7. The van der Waals surface area contributed by atoms with Crippen LogP contribution in [0.3, 0.4) is 0 Å². The van der Waals surface area contributed by atoms with Gasteiger partial charge in [0.1, 0.15) is 0 Å². The van der Waals surface area contributed by atoms with E-state index in [-0.39, 0.29) is 24.2 Å². The van der Waals surface area contributed by atoms with Gasteiger partial charge < -0.3 is 5.32 Å². The third-order valence-electron chi connectivity index (χ3n) is 2.92. The van der Waals surface area contributed by atoms with Gasteiger partial charge in [0.05, 0.1) is 6.04 Å². The number of unbranched alkanes of at least 4 members (excludes halogenated alkanes) is 2. The van der Waals surface area contributed by atoms with Gasteiger partial charge in [-0.2, -0.15) is 0 Å². The Morgan fingerprint density at radius 3 is 2.39 bits per heavy atom. The molecule has 0 aliphatic rings. The van der Waals surface area contributed by atoms with Crippen LogP contribution >= 0.6 is 12.4 Å². The van der Waals surface area contributed by atoms with Gasteiger partial charge in [0.2, 0.25) is 0 Å². The Morgan fingerprint density at radius 1 is 1.17 bits per heavy atom. The molecule has 0 saturated heterocycles. The molecule has 0 saturated carbocycles. The van der Waals surface area contributed by atoms with Crippen molar-refractivity contribution in [1.29, 1.82) is 0 Å². The topological polar surface area (TPSA) is 29.1 Å². The largest absolute Gasteiger partial charge is 0.307 e. The first-order valence-electron chi connectivity index (χ1n) is 6.62. The lowest BCUT2D eigenvalue weighted by atomic mass is 9.99. The number of benzene rings is 1. The van der Waals surface area contributed by atoms with E-state index in [1.54, 1.807) is 0 Å². The van der Waals surface area contributed by atoms with Gasteiger partial charge in [0, 0.05) is 5.56 Å². The maximum atomic E-state index is 12.3. The predicted molar refractivity (Wildman–Crippen MR) is 79.6 cm³/mol. The van der Waals surface area contributed by atoms with Crippen molar-refractivity contribution in [3.63, 3.8) is 0 Å². The molecule has 1 aromatic carbocycles. The molecule has 1 unspecified atom stereocenters. The minimum atomic E-state index is -0.0195. The van der Waals surface area contributed by atoms with Crippen molar-refractivity contribution >= 4 is 18.2 Å². The number of hydrogen-bond acceptors (Lipinski definition) is 2. The van der Waals surface area contributed by atoms with E-state index < -0.39 is 0 Å². The standard InChI is InChI=1S/C15H23NO.ClH/c1-3-5-7-12-14(16-4-2)15(17)13-10-8-6-9-11-13;/h6,8-11,14,16H,3-5,7,12H2,1-2H3;1H. The fourth-order valence-electron chi connectivity index (χ4n) is 1.97. The van der Waals surface area contributed by atoms with E-state index in [1.807, 2.05) is 37.3 Å². The summed E-state index contributed by atoms with van der Waals surface area (Å²) >= 11 is 0. The third-order valence-corrected chi connectivity index (χ3v) is 2.92. The van der Waals surface area contributed by atoms with E-state index in [9.17, 15) is 4.79 Å². The number of carbonyl (C=O) groups excluding carboxylic acids is 1. The second-order valence-corrected chi connectivity index (χ2v) is 4.34. The summed E-state index contributed by atoms with van der Waals surface area (Å²) in [5.74, 6) is 0.226. The number of Topliss-reactive ketones (excluding diaryl/α,β-unsaturated/α-hetero) is 1. The fraction of sp³-hybridized carbons (Fsp3) is 0.533. The van der Waals surface area contributed by atoms with Crippen molar-refractivity contribution in [3.8, 4) is 0 Å². The van der Waals surface area contributed by atoms with Crippen LogP contribution < -0.4 is 5.32 Å². The van der Waals surface area contributed by atoms with Gasteiger partial charge in [0.25, 0.3) is 0 Å². The smallest absolute Gasteiger partial charge is 0.179 e. The summed E-state index contributed by atoms with van der Waals surface area (Å²) in [5, 5.41) is 3.29. The average molecular weight is 270 g/mol. The van der Waals surface area contributed by atoms with Crippen LogP contribution in [-0.2, 0) is 0 Å². The van der Waals surface area contributed by atoms with Crippen LogP contribution in [-0.4, -0.2) is 18.4 Å². The Bertz CT molecular complexity index is 327. The van der Waals surface area contributed by atoms with E-state index in [0.29, 0.717) is 0 Å². The van der Waals surface area contributed by atoms with Crippen LogP contribution in [0.5, 0.6) is 0 Å². The van der Waals surface area contributed by atoms with E-state index in [2.05, 4.69) is 12.2 Å². The molecular weight excluding hydrogens is 246 g/mol. The van der Waals surface area contributed by atoms with Gasteiger partial charge in [0.15, 0.2) is 5.78 Å². The molecule has 102 valence electrons. The number of likely N-dealkylation sites (N-methyl/N-ethyl adjacent to an activating group) is 1. The minimum Gasteiger partial charge on any atom is -0.307 e. The zero-order valence-electron chi connectivity index (χ0n) is 11.3. The lowest BCUT2D eigenvalue weighted by Crippen LogP contribution is -2.36. The Labute approximate surface area is 117 Å². The summed E-state index contributed by atoms with van der Waals surface area (Å²) in [6.45, 7) is 5.07. The number of rotatable bonds is 8. The Balaban J connectivity index is 0.00000289. The number of hydrogen-bond donors (Lipinski definition) is 1. The first kappa shape index (κ1) is 17.1. The molecule has 0 bridgehead atoms. The van der Waals surface area contributed by atoms with E-state index in [4.69, 9.17) is 0 Å². The van der Waals surface area contributed by atoms with Crippen LogP contribution in [0.25, 0.3) is 0 Å². The number of halogens is 1. The van der Waals surface area contributed by atoms with Crippen molar-refractivity contribution in [1.82, 2.24) is 5.32 Å². The highest BCUT2D eigenvalue weighted by atomic mass is 35.5. The first-order chi connectivity index (χ1) is 8.29. The Kier molecular flexibility index (Phi) is 9.62. The zero-order chi connectivity index (χ0) is 12.5. The highest BCUT2D eigenvalue weighted by Gasteiger charge is 2.17. The maximum Gasteiger partial charge on any atom is 0.179 e. The van der Waals surface area contributed by atoms with Crippen molar-refractivity contribution < 1.29 is 4.79 Å². The van der Waals surface area contributed by atoms with Gasteiger partial charge >= 0.3 is 0 Å². The Hall–Kier alpha value is -0.860. The van der Waals surface area contributed by atoms with Gasteiger partial charge in [-0.3, -0.25) is 4.79 Å². The minimum absolute atomic E-state index is 0. The zero-order valence-corrected chi connectivity index (χ0v) is 12.1. The quantitative estimate of drug-likeness (QED) is 0.574. The van der Waals surface area contributed by atoms with Crippen LogP contribution in [0.15, 0.2) is 30.3 Å². The number of nitrogens with one attached hydrogen (secondary N) is 1. The summed E-state index contributed by atoms with van der Waals surface area (Å²) < 4.78 is 0. The van der Waals surface area contributed by atoms with Crippen molar-refractivity contribution in [2.24, 2.45) is 0 Å². The molecule has 1 rings (SSSR count). The van der Waals surface area contributed by atoms with E-state index in [0.717, 1.165) is 24.9 Å². The van der Waals surface area contributed by atoms with Gasteiger partial charge in [-0.25, -0.2) is 0 Å². The molecule has 1 aromatic rings. The van der Waals surface area contributed by atoms with E-state index in [1.165, 1.54) is 12.8 Å². The highest BCUT2D eigenvalue weighted by Crippen LogP contribution is 2.10. The van der Waals surface area contributed by atoms with Crippen LogP contribution in [0.2, 0.25) is 0 Å². The molecule has 0 radical (unpaired) electrons. The van der Waals surface area contributed by atoms with Crippen molar-refractivity contribution in [3.05, 3.63) is 35.9 Å². The lowest BCUT2D eigenvalue weighted by molar-refractivity contribution is 0.0937. The lowest BCUT2D eigenvalue weighted by Gasteiger charge is -2.16. The second-order valence-electron chi connectivity index (χ2n) is 4.34.